The first-order valence-corrected chi connectivity index (χ1v) is 11.7. The Bertz CT molecular complexity index is 1380. The molecule has 31 heavy (non-hydrogen) atoms. The zero-order valence-corrected chi connectivity index (χ0v) is 18.1. The normalized spacial score (nSPS) is 11.4. The van der Waals surface area contributed by atoms with Crippen LogP contribution in [0.5, 0.6) is 0 Å². The standard InChI is InChI=1S/C23H18ClN3O3S/c1-31(29,30)21-5-3-2-4-20(21)27(23(28)18-10-12-25-13-11-18)15-16-6-7-17-8-9-22(24)26-19(17)14-16/h2-14H,15H2,1H3. The number of nitrogens with zero attached hydrogens (tertiary/aromatic N) is 3. The number of anilines is 1. The largest absolute Gasteiger partial charge is 0.303 e. The van der Waals surface area contributed by atoms with Gasteiger partial charge >= 0.3 is 0 Å². The predicted octanol–water partition coefficient (Wildman–Crippen LogP) is 4.53. The van der Waals surface area contributed by atoms with E-state index in [4.69, 9.17) is 11.6 Å². The van der Waals surface area contributed by atoms with E-state index in [2.05, 4.69) is 9.97 Å². The minimum atomic E-state index is -3.56. The van der Waals surface area contributed by atoms with Gasteiger partial charge in [-0.3, -0.25) is 9.78 Å². The van der Waals surface area contributed by atoms with E-state index in [9.17, 15) is 13.2 Å². The van der Waals surface area contributed by atoms with E-state index in [-0.39, 0.29) is 17.3 Å². The molecule has 156 valence electrons. The number of para-hydroxylation sites is 1. The molecule has 0 spiro atoms. The average Bonchev–Trinajstić information content (AvgIpc) is 2.77. The van der Waals surface area contributed by atoms with Crippen molar-refractivity contribution in [3.8, 4) is 0 Å². The monoisotopic (exact) mass is 451 g/mol. The number of pyridine rings is 2. The van der Waals surface area contributed by atoms with Crippen LogP contribution < -0.4 is 4.90 Å². The fourth-order valence-electron chi connectivity index (χ4n) is 3.33. The molecule has 0 saturated carbocycles. The molecule has 4 rings (SSSR count). The first-order chi connectivity index (χ1) is 14.8. The lowest BCUT2D eigenvalue weighted by Gasteiger charge is -2.25. The molecule has 0 aliphatic carbocycles. The molecular formula is C23H18ClN3O3S. The third-order valence-electron chi connectivity index (χ3n) is 4.79. The number of rotatable bonds is 5. The van der Waals surface area contributed by atoms with Crippen LogP contribution in [0, 0.1) is 0 Å². The second-order valence-corrected chi connectivity index (χ2v) is 9.40. The molecular weight excluding hydrogens is 434 g/mol. The van der Waals surface area contributed by atoms with Crippen LogP contribution in [0.25, 0.3) is 10.9 Å². The SMILES string of the molecule is CS(=O)(=O)c1ccccc1N(Cc1ccc2ccc(Cl)nc2c1)C(=O)c1ccncc1. The Labute approximate surface area is 185 Å². The molecule has 0 saturated heterocycles. The molecule has 0 radical (unpaired) electrons. The van der Waals surface area contributed by atoms with Gasteiger partial charge in [-0.05, 0) is 48.0 Å². The van der Waals surface area contributed by atoms with Crippen LogP contribution in [0.1, 0.15) is 15.9 Å². The van der Waals surface area contributed by atoms with E-state index < -0.39 is 9.84 Å². The van der Waals surface area contributed by atoms with E-state index in [0.29, 0.717) is 21.9 Å². The van der Waals surface area contributed by atoms with Crippen LogP contribution in [0.3, 0.4) is 0 Å². The highest BCUT2D eigenvalue weighted by molar-refractivity contribution is 7.90. The summed E-state index contributed by atoms with van der Waals surface area (Å²) in [6, 6.07) is 18.9. The van der Waals surface area contributed by atoms with Gasteiger partial charge in [0, 0.05) is 29.6 Å². The maximum atomic E-state index is 13.4. The van der Waals surface area contributed by atoms with Crippen molar-refractivity contribution in [2.24, 2.45) is 0 Å². The van der Waals surface area contributed by atoms with Gasteiger partial charge in [0.15, 0.2) is 9.84 Å². The average molecular weight is 452 g/mol. The smallest absolute Gasteiger partial charge is 0.258 e. The summed E-state index contributed by atoms with van der Waals surface area (Å²) in [5.41, 5.74) is 2.19. The summed E-state index contributed by atoms with van der Waals surface area (Å²) in [6.07, 6.45) is 4.18. The third kappa shape index (κ3) is 4.57. The van der Waals surface area contributed by atoms with Crippen molar-refractivity contribution in [3.05, 3.63) is 95.4 Å². The summed E-state index contributed by atoms with van der Waals surface area (Å²) in [5, 5.41) is 1.29. The molecule has 6 nitrogen and oxygen atoms in total. The van der Waals surface area contributed by atoms with Crippen LogP contribution in [-0.2, 0) is 16.4 Å². The minimum absolute atomic E-state index is 0.0827. The van der Waals surface area contributed by atoms with Crippen molar-refractivity contribution in [3.63, 3.8) is 0 Å². The van der Waals surface area contributed by atoms with Crippen LogP contribution in [0.15, 0.2) is 84.0 Å². The summed E-state index contributed by atoms with van der Waals surface area (Å²) in [5.74, 6) is -0.336. The van der Waals surface area contributed by atoms with E-state index in [0.717, 1.165) is 17.2 Å². The third-order valence-corrected chi connectivity index (χ3v) is 6.15. The number of hydrogen-bond acceptors (Lipinski definition) is 5. The molecule has 0 bridgehead atoms. The first-order valence-electron chi connectivity index (χ1n) is 9.39. The maximum Gasteiger partial charge on any atom is 0.258 e. The topological polar surface area (TPSA) is 80.2 Å². The van der Waals surface area contributed by atoms with Gasteiger partial charge in [-0.15, -0.1) is 0 Å². The zero-order chi connectivity index (χ0) is 22.0. The van der Waals surface area contributed by atoms with Crippen LogP contribution in [0.4, 0.5) is 5.69 Å². The highest BCUT2D eigenvalue weighted by Gasteiger charge is 2.24. The van der Waals surface area contributed by atoms with Crippen molar-refractivity contribution in [1.29, 1.82) is 0 Å². The van der Waals surface area contributed by atoms with Crippen molar-refractivity contribution >= 4 is 43.9 Å². The van der Waals surface area contributed by atoms with Crippen molar-refractivity contribution < 1.29 is 13.2 Å². The fraction of sp³-hybridized carbons (Fsp3) is 0.0870. The Morgan fingerprint density at radius 2 is 1.71 bits per heavy atom. The Hall–Kier alpha value is -3.29. The van der Waals surface area contributed by atoms with Gasteiger partial charge in [0.05, 0.1) is 22.6 Å². The van der Waals surface area contributed by atoms with Gasteiger partial charge in [0.25, 0.3) is 5.91 Å². The Balaban J connectivity index is 1.83. The zero-order valence-electron chi connectivity index (χ0n) is 16.6. The van der Waals surface area contributed by atoms with Crippen molar-refractivity contribution in [1.82, 2.24) is 9.97 Å². The number of hydrogen-bond donors (Lipinski definition) is 0. The van der Waals surface area contributed by atoms with Crippen LogP contribution in [0.2, 0.25) is 5.15 Å². The highest BCUT2D eigenvalue weighted by atomic mass is 35.5. The van der Waals surface area contributed by atoms with Gasteiger partial charge < -0.3 is 4.90 Å². The van der Waals surface area contributed by atoms with Crippen LogP contribution >= 0.6 is 11.6 Å². The summed E-state index contributed by atoms with van der Waals surface area (Å²) in [4.78, 5) is 23.2. The molecule has 4 aromatic rings. The second kappa shape index (κ2) is 8.45. The number of carbonyl (C=O) groups is 1. The van der Waals surface area contributed by atoms with E-state index >= 15 is 0 Å². The number of aromatic nitrogens is 2. The molecule has 0 aliphatic heterocycles. The lowest BCUT2D eigenvalue weighted by Crippen LogP contribution is -2.31. The van der Waals surface area contributed by atoms with Crippen molar-refractivity contribution in [2.45, 2.75) is 11.4 Å². The van der Waals surface area contributed by atoms with Gasteiger partial charge in [-0.2, -0.15) is 0 Å². The molecule has 1 amide bonds. The summed E-state index contributed by atoms with van der Waals surface area (Å²) >= 11 is 6.03. The molecule has 0 atom stereocenters. The number of amides is 1. The second-order valence-electron chi connectivity index (χ2n) is 7.03. The molecule has 8 heteroatoms. The van der Waals surface area contributed by atoms with E-state index in [1.54, 1.807) is 36.4 Å². The molecule has 2 aromatic heterocycles. The quantitative estimate of drug-likeness (QED) is 0.416. The molecule has 2 heterocycles. The number of fused-ring (bicyclic) bond motifs is 1. The molecule has 0 N–H and O–H groups in total. The van der Waals surface area contributed by atoms with E-state index in [1.807, 2.05) is 24.3 Å². The number of benzene rings is 2. The summed E-state index contributed by atoms with van der Waals surface area (Å²) < 4.78 is 24.8. The summed E-state index contributed by atoms with van der Waals surface area (Å²) in [7, 11) is -3.56. The van der Waals surface area contributed by atoms with Gasteiger partial charge in [-0.25, -0.2) is 13.4 Å². The predicted molar refractivity (Wildman–Crippen MR) is 121 cm³/mol. The Morgan fingerprint density at radius 1 is 1.00 bits per heavy atom. The first kappa shape index (κ1) is 21.0. The van der Waals surface area contributed by atoms with Crippen molar-refractivity contribution in [2.75, 3.05) is 11.2 Å². The van der Waals surface area contributed by atoms with Gasteiger partial charge in [-0.1, -0.05) is 35.9 Å². The number of carbonyl (C=O) groups excluding carboxylic acids is 1. The molecule has 0 aliphatic rings. The Kier molecular flexibility index (Phi) is 5.71. The lowest BCUT2D eigenvalue weighted by molar-refractivity contribution is 0.0984. The molecule has 2 aromatic carbocycles. The molecule has 0 fully saturated rings. The highest BCUT2D eigenvalue weighted by Crippen LogP contribution is 2.29. The van der Waals surface area contributed by atoms with Gasteiger partial charge in [0.1, 0.15) is 5.15 Å². The van der Waals surface area contributed by atoms with E-state index in [1.165, 1.54) is 23.4 Å². The van der Waals surface area contributed by atoms with Gasteiger partial charge in [0.2, 0.25) is 0 Å². The maximum absolute atomic E-state index is 13.4. The molecule has 0 unspecified atom stereocenters. The Morgan fingerprint density at radius 3 is 2.45 bits per heavy atom. The summed E-state index contributed by atoms with van der Waals surface area (Å²) in [6.45, 7) is 0.151. The number of sulfone groups is 1. The van der Waals surface area contributed by atoms with Crippen LogP contribution in [-0.4, -0.2) is 30.5 Å². The fourth-order valence-corrected chi connectivity index (χ4v) is 4.37. The lowest BCUT2D eigenvalue weighted by atomic mass is 10.1. The minimum Gasteiger partial charge on any atom is -0.303 e. The number of halogens is 1.